The summed E-state index contributed by atoms with van der Waals surface area (Å²) in [6.07, 6.45) is 0. The Morgan fingerprint density at radius 1 is 0.833 bits per heavy atom. The summed E-state index contributed by atoms with van der Waals surface area (Å²) >= 11 is -6.58. The Morgan fingerprint density at radius 2 is 0.833 bits per heavy atom. The molecular weight excluding hydrogens is 439 g/mol. The molecule has 0 aliphatic carbocycles. The van der Waals surface area contributed by atoms with Crippen molar-refractivity contribution in [2.45, 2.75) is 0 Å². The van der Waals surface area contributed by atoms with Gasteiger partial charge in [0.05, 0.1) is 21.1 Å². The molecule has 0 rings (SSSR count). The highest BCUT2D eigenvalue weighted by atomic mass is 127. The minimum absolute atomic E-state index is 1.42. The van der Waals surface area contributed by atoms with Gasteiger partial charge in [-0.05, 0) is 0 Å². The van der Waals surface area contributed by atoms with Crippen molar-refractivity contribution in [3.63, 3.8) is 0 Å². The van der Waals surface area contributed by atoms with Crippen LogP contribution in [-0.2, 0) is 12.3 Å². The van der Waals surface area contributed by atoms with Gasteiger partial charge in [-0.1, -0.05) is 0 Å². The van der Waals surface area contributed by atoms with Gasteiger partial charge in [0.25, 0.3) is 0 Å². The van der Waals surface area contributed by atoms with Crippen LogP contribution < -0.4 is 4.90 Å². The van der Waals surface area contributed by atoms with Crippen LogP contribution in [0.15, 0.2) is 0 Å². The third-order valence-electron chi connectivity index (χ3n) is 0. The van der Waals surface area contributed by atoms with E-state index >= 15 is 0 Å². The zero-order chi connectivity index (χ0) is 10.7. The number of hydrogen-bond acceptors (Lipinski definition) is 4. The molecule has 1 N–H and O–H groups in total. The zero-order valence-corrected chi connectivity index (χ0v) is 12.5. The number of quaternary nitrogens is 1. The van der Waals surface area contributed by atoms with Gasteiger partial charge in [0.2, 0.25) is 0 Å². The van der Waals surface area contributed by atoms with Gasteiger partial charge >= 0.3 is 37.3 Å². The Bertz CT molecular complexity index is 174. The van der Waals surface area contributed by atoms with Crippen molar-refractivity contribution < 1.29 is 17.2 Å². The van der Waals surface area contributed by atoms with Crippen LogP contribution in [0, 0.1) is 0 Å². The summed E-state index contributed by atoms with van der Waals surface area (Å²) in [7, 11) is 14.9. The van der Waals surface area contributed by atoms with Gasteiger partial charge in [0.1, 0.15) is 0 Å². The van der Waals surface area contributed by atoms with Crippen molar-refractivity contribution in [3.8, 4) is 0 Å². The summed E-state index contributed by atoms with van der Waals surface area (Å²) in [5.74, 6) is 0. The smallest absolute Gasteiger partial charge is 0.342 e. The highest BCUT2D eigenvalue weighted by Crippen LogP contribution is 2.07. The lowest BCUT2D eigenvalue weighted by Gasteiger charge is -1.88. The van der Waals surface area contributed by atoms with Gasteiger partial charge in [-0.3, -0.25) is 0 Å². The summed E-state index contributed by atoms with van der Waals surface area (Å²) in [5.41, 5.74) is 0. The largest absolute Gasteiger partial charge is 0.409 e. The van der Waals surface area contributed by atoms with E-state index in [1.165, 1.54) is 4.90 Å². The molecule has 0 fully saturated rings. The maximum atomic E-state index is 8.89. The second-order valence-electron chi connectivity index (χ2n) is 1.86. The standard InChI is InChI=1S/C3H9N.2ClIO2/c1-4(2)3;2*1-2(3)4/h1-3H3;;/p+1. The second kappa shape index (κ2) is 14.7. The third kappa shape index (κ3) is 809. The number of rotatable bonds is 0. The monoisotopic (exact) mass is 448 g/mol. The quantitative estimate of drug-likeness (QED) is 0.569. The number of nitrogens with one attached hydrogen (secondary N) is 1. The van der Waals surface area contributed by atoms with E-state index < -0.39 is 37.3 Å². The van der Waals surface area contributed by atoms with E-state index in [1.54, 1.807) is 0 Å². The summed E-state index contributed by atoms with van der Waals surface area (Å²) in [4.78, 5) is 1.42. The van der Waals surface area contributed by atoms with Gasteiger partial charge < -0.3 is 4.90 Å². The molecule has 0 heterocycles. The topological polar surface area (TPSA) is 72.7 Å². The fourth-order valence-corrected chi connectivity index (χ4v) is 0. The van der Waals surface area contributed by atoms with Crippen molar-refractivity contribution >= 4 is 55.1 Å². The van der Waals surface area contributed by atoms with Crippen LogP contribution in [0.4, 0.5) is 0 Å². The minimum atomic E-state index is -3.29. The second-order valence-corrected chi connectivity index (χ2v) is 7.04. The fraction of sp³-hybridized carbons (Fsp3) is 1.00. The predicted molar refractivity (Wildman–Crippen MR) is 61.2 cm³/mol. The van der Waals surface area contributed by atoms with E-state index in [9.17, 15) is 0 Å². The Labute approximate surface area is 92.5 Å². The van der Waals surface area contributed by atoms with Gasteiger partial charge in [-0.15, -0.1) is 0 Å². The molecule has 0 radical (unpaired) electrons. The lowest BCUT2D eigenvalue weighted by atomic mass is 11.0. The lowest BCUT2D eigenvalue weighted by Crippen LogP contribution is -3.02. The fourth-order valence-electron chi connectivity index (χ4n) is 0. The van der Waals surface area contributed by atoms with E-state index in [0.717, 1.165) is 0 Å². The van der Waals surface area contributed by atoms with Gasteiger partial charge in [0, 0.05) is 17.8 Å². The van der Waals surface area contributed by atoms with Crippen molar-refractivity contribution in [2.24, 2.45) is 0 Å². The third-order valence-corrected chi connectivity index (χ3v) is 0. The maximum Gasteiger partial charge on any atom is 0.409 e. The average Bonchev–Trinajstić information content (AvgIpc) is 1.54. The lowest BCUT2D eigenvalue weighted by molar-refractivity contribution is -0.836. The molecular formula is C3H10Cl2I2NO4+. The number of hydrogen-bond donors (Lipinski definition) is 1. The van der Waals surface area contributed by atoms with Crippen molar-refractivity contribution in [1.82, 2.24) is 0 Å². The minimum Gasteiger partial charge on any atom is -0.342 e. The normalized spacial score (nSPS) is 8.67. The first-order chi connectivity index (χ1) is 5.20. The van der Waals surface area contributed by atoms with Gasteiger partial charge in [-0.2, -0.15) is 0 Å². The molecule has 5 nitrogen and oxygen atoms in total. The summed E-state index contributed by atoms with van der Waals surface area (Å²) in [6.45, 7) is 0. The molecule has 0 unspecified atom stereocenters. The Hall–Kier alpha value is 1.20. The molecule has 0 bridgehead atoms. The van der Waals surface area contributed by atoms with Crippen molar-refractivity contribution in [3.05, 3.63) is 0 Å². The maximum absolute atomic E-state index is 8.89. The van der Waals surface area contributed by atoms with E-state index in [1.807, 2.05) is 0 Å². The van der Waals surface area contributed by atoms with Crippen LogP contribution in [0.2, 0.25) is 0 Å². The summed E-state index contributed by atoms with van der Waals surface area (Å²) < 4.78 is 35.6. The molecule has 0 aromatic heterocycles. The molecule has 12 heavy (non-hydrogen) atoms. The molecule has 0 aliphatic rings. The molecule has 0 saturated carbocycles. The molecule has 9 heteroatoms. The summed E-state index contributed by atoms with van der Waals surface area (Å²) in [6, 6.07) is 0. The van der Waals surface area contributed by atoms with Crippen LogP contribution in [0.25, 0.3) is 0 Å². The molecule has 0 amide bonds. The molecule has 0 aromatic carbocycles. The van der Waals surface area contributed by atoms with Gasteiger partial charge in [-0.25, -0.2) is 12.3 Å². The van der Waals surface area contributed by atoms with Gasteiger partial charge in [0.15, 0.2) is 0 Å². The average molecular weight is 449 g/mol. The molecule has 0 aliphatic heterocycles. The first-order valence-corrected chi connectivity index (χ1v) is 11.4. The Morgan fingerprint density at radius 3 is 0.833 bits per heavy atom. The Kier molecular flexibility index (Phi) is 23.1. The molecule has 0 saturated heterocycles. The Balaban J connectivity index is -0.000000101. The highest BCUT2D eigenvalue weighted by molar-refractivity contribution is 14.2. The van der Waals surface area contributed by atoms with Crippen molar-refractivity contribution in [1.29, 1.82) is 0 Å². The highest BCUT2D eigenvalue weighted by Gasteiger charge is 1.61. The van der Waals surface area contributed by atoms with Crippen LogP contribution in [0.1, 0.15) is 0 Å². The zero-order valence-electron chi connectivity index (χ0n) is 6.64. The van der Waals surface area contributed by atoms with Crippen LogP contribution in [0.5, 0.6) is 0 Å². The van der Waals surface area contributed by atoms with E-state index in [4.69, 9.17) is 12.3 Å². The number of halogens is 4. The summed E-state index contributed by atoms with van der Waals surface area (Å²) in [5, 5.41) is 0. The first-order valence-electron chi connectivity index (χ1n) is 2.40. The van der Waals surface area contributed by atoms with Crippen LogP contribution in [-0.4, -0.2) is 21.1 Å². The molecule has 0 atom stereocenters. The first kappa shape index (κ1) is 18.9. The van der Waals surface area contributed by atoms with E-state index in [2.05, 4.69) is 39.0 Å². The van der Waals surface area contributed by atoms with E-state index in [0.29, 0.717) is 0 Å². The van der Waals surface area contributed by atoms with Crippen LogP contribution in [0.3, 0.4) is 0 Å². The molecule has 0 spiro atoms. The van der Waals surface area contributed by atoms with E-state index in [-0.39, 0.29) is 0 Å². The molecule has 0 aromatic rings. The predicted octanol–water partition coefficient (Wildman–Crippen LogP) is 1.44. The SMILES string of the molecule is C[NH+](C)C.O=I(=O)Cl.O=I(=O)Cl. The van der Waals surface area contributed by atoms with Crippen molar-refractivity contribution in [2.75, 3.05) is 21.1 Å². The van der Waals surface area contributed by atoms with Crippen LogP contribution >= 0.6 is 55.1 Å². The molecule has 78 valence electrons.